The molecule has 1 N–H and O–H groups in total. The molecule has 0 saturated carbocycles. The molecule has 0 spiro atoms. The smallest absolute Gasteiger partial charge is 0.271 e. The van der Waals surface area contributed by atoms with Crippen molar-refractivity contribution in [3.63, 3.8) is 0 Å². The number of aryl methyl sites for hydroxylation is 1. The molecule has 1 fully saturated rings. The summed E-state index contributed by atoms with van der Waals surface area (Å²) < 4.78 is 25.0. The zero-order chi connectivity index (χ0) is 31.7. The van der Waals surface area contributed by atoms with Crippen LogP contribution >= 0.6 is 11.6 Å². The minimum atomic E-state index is -1.51. The van der Waals surface area contributed by atoms with Gasteiger partial charge in [-0.2, -0.15) is 5.26 Å². The van der Waals surface area contributed by atoms with E-state index in [9.17, 15) is 19.2 Å². The zero-order valence-electron chi connectivity index (χ0n) is 24.6. The molecule has 11 heteroatoms. The number of hydrogen-bond acceptors (Lipinski definition) is 8. The largest absolute Gasteiger partial charge is 0.436 e. The molecule has 1 aliphatic heterocycles. The van der Waals surface area contributed by atoms with Crippen LogP contribution in [0.15, 0.2) is 71.3 Å². The lowest BCUT2D eigenvalue weighted by Gasteiger charge is -2.36. The van der Waals surface area contributed by atoms with E-state index < -0.39 is 23.0 Å². The van der Waals surface area contributed by atoms with Crippen LogP contribution in [0.1, 0.15) is 54.6 Å². The summed E-state index contributed by atoms with van der Waals surface area (Å²) in [5.74, 6) is -0.516. The van der Waals surface area contributed by atoms with Gasteiger partial charge >= 0.3 is 0 Å². The molecule has 4 aromatic rings. The van der Waals surface area contributed by atoms with Gasteiger partial charge in [-0.15, -0.1) is 11.6 Å². The molecule has 0 radical (unpaired) electrons. The summed E-state index contributed by atoms with van der Waals surface area (Å²) in [7, 11) is 1.49. The number of rotatable bonds is 9. The number of methoxy groups -OCH3 is 1. The Morgan fingerprint density at radius 3 is 2.82 bits per heavy atom. The van der Waals surface area contributed by atoms with Gasteiger partial charge in [0.2, 0.25) is 5.89 Å². The highest BCUT2D eigenvalue weighted by Crippen LogP contribution is 2.43. The van der Waals surface area contributed by atoms with Crippen LogP contribution in [-0.4, -0.2) is 58.8 Å². The number of allylic oxidation sites excluding steroid dienone is 2. The van der Waals surface area contributed by atoms with Crippen LogP contribution in [0.3, 0.4) is 0 Å². The predicted octanol–water partition coefficient (Wildman–Crippen LogP) is 5.40. The van der Waals surface area contributed by atoms with Gasteiger partial charge in [0.25, 0.3) is 5.91 Å². The number of likely N-dealkylation sites (tertiary alicyclic amines) is 1. The van der Waals surface area contributed by atoms with Crippen molar-refractivity contribution in [1.82, 2.24) is 20.2 Å². The number of halogens is 2. The lowest BCUT2D eigenvalue weighted by molar-refractivity contribution is 0.0591. The maximum atomic E-state index is 13.9. The summed E-state index contributed by atoms with van der Waals surface area (Å²) in [6, 6.07) is 14.9. The second-order valence-corrected chi connectivity index (χ2v) is 11.7. The Hall–Kier alpha value is -4.69. The highest BCUT2D eigenvalue weighted by Gasteiger charge is 2.47. The minimum Gasteiger partial charge on any atom is -0.436 e. The lowest BCUT2D eigenvalue weighted by Crippen LogP contribution is -2.52. The number of oxazole rings is 1. The van der Waals surface area contributed by atoms with Crippen molar-refractivity contribution in [1.29, 1.82) is 5.26 Å². The van der Waals surface area contributed by atoms with Crippen LogP contribution < -0.4 is 5.32 Å². The van der Waals surface area contributed by atoms with Crippen molar-refractivity contribution in [2.75, 3.05) is 20.2 Å². The Kier molecular flexibility index (Phi) is 8.34. The third kappa shape index (κ3) is 5.66. The Balaban J connectivity index is 1.46. The number of fused-ring (bicyclic) bond motifs is 1. The second-order valence-electron chi connectivity index (χ2n) is 11.2. The summed E-state index contributed by atoms with van der Waals surface area (Å²) in [6.07, 6.45) is 6.49. The Morgan fingerprint density at radius 1 is 1.31 bits per heavy atom. The standard InChI is InChI=1S/C34H29ClFN5O4/c1-20-6-3-4-7-26(20)27-8-5-9-34(31(27)35,40-32(43)29-12-23(19-44-2)24(18-42)14-38-29)33-39-28-11-21(15-41-16-25(36)17-41)10-22(13-37)30(28)45-33/h3-12,14,18,25,31H,15-17,19H2,1-2H3,(H,40,43). The number of pyridine rings is 1. The van der Waals surface area contributed by atoms with Gasteiger partial charge in [-0.05, 0) is 59.0 Å². The molecule has 45 heavy (non-hydrogen) atoms. The van der Waals surface area contributed by atoms with Gasteiger partial charge in [0.1, 0.15) is 23.5 Å². The van der Waals surface area contributed by atoms with E-state index in [0.717, 1.165) is 22.3 Å². The molecule has 2 unspecified atom stereocenters. The van der Waals surface area contributed by atoms with Crippen molar-refractivity contribution in [3.8, 4) is 6.07 Å². The third-order valence-corrected chi connectivity index (χ3v) is 8.69. The Labute approximate surface area is 264 Å². The van der Waals surface area contributed by atoms with Crippen LogP contribution in [0.5, 0.6) is 0 Å². The lowest BCUT2D eigenvalue weighted by atomic mass is 9.81. The van der Waals surface area contributed by atoms with Crippen LogP contribution in [0.4, 0.5) is 4.39 Å². The summed E-state index contributed by atoms with van der Waals surface area (Å²) in [5, 5.41) is 12.1. The van der Waals surface area contributed by atoms with Gasteiger partial charge in [-0.3, -0.25) is 19.5 Å². The molecule has 228 valence electrons. The maximum absolute atomic E-state index is 13.9. The molecular formula is C34H29ClFN5O4. The molecule has 9 nitrogen and oxygen atoms in total. The van der Waals surface area contributed by atoms with Crippen molar-refractivity contribution < 1.29 is 23.1 Å². The number of carbonyl (C=O) groups excluding carboxylic acids is 2. The van der Waals surface area contributed by atoms with E-state index in [-0.39, 0.29) is 29.3 Å². The van der Waals surface area contributed by atoms with E-state index >= 15 is 0 Å². The number of nitrogens with one attached hydrogen (secondary N) is 1. The van der Waals surface area contributed by atoms with E-state index in [1.165, 1.54) is 19.4 Å². The van der Waals surface area contributed by atoms with Gasteiger partial charge in [-0.25, -0.2) is 9.37 Å². The number of nitriles is 1. The first-order chi connectivity index (χ1) is 21.8. The number of benzene rings is 2. The molecule has 2 aromatic carbocycles. The minimum absolute atomic E-state index is 0.0353. The summed E-state index contributed by atoms with van der Waals surface area (Å²) in [4.78, 5) is 36.4. The topological polar surface area (TPSA) is 121 Å². The van der Waals surface area contributed by atoms with Crippen molar-refractivity contribution in [2.24, 2.45) is 0 Å². The molecule has 2 atom stereocenters. The summed E-state index contributed by atoms with van der Waals surface area (Å²) in [6.45, 7) is 3.20. The van der Waals surface area contributed by atoms with Gasteiger partial charge in [0.15, 0.2) is 17.4 Å². The number of ether oxygens (including phenoxy) is 1. The van der Waals surface area contributed by atoms with E-state index in [1.807, 2.05) is 42.2 Å². The molecule has 6 rings (SSSR count). The number of hydrogen-bond donors (Lipinski definition) is 1. The molecule has 1 aliphatic carbocycles. The van der Waals surface area contributed by atoms with Crippen LogP contribution in [-0.2, 0) is 23.4 Å². The van der Waals surface area contributed by atoms with E-state index in [4.69, 9.17) is 25.7 Å². The van der Waals surface area contributed by atoms with E-state index in [2.05, 4.69) is 16.4 Å². The van der Waals surface area contributed by atoms with Crippen molar-refractivity contribution >= 4 is 40.5 Å². The first kappa shape index (κ1) is 30.3. The second kappa shape index (κ2) is 12.4. The Bertz CT molecular complexity index is 1910. The average Bonchev–Trinajstić information content (AvgIpc) is 3.46. The Morgan fingerprint density at radius 2 is 2.11 bits per heavy atom. The fourth-order valence-electron chi connectivity index (χ4n) is 5.79. The fraction of sp³-hybridized carbons (Fsp3) is 0.265. The highest BCUT2D eigenvalue weighted by atomic mass is 35.5. The molecule has 2 aliphatic rings. The van der Waals surface area contributed by atoms with Crippen LogP contribution in [0.2, 0.25) is 0 Å². The molecule has 1 saturated heterocycles. The first-order valence-corrected chi connectivity index (χ1v) is 14.8. The van der Waals surface area contributed by atoms with E-state index in [1.54, 1.807) is 24.3 Å². The number of aromatic nitrogens is 2. The monoisotopic (exact) mass is 625 g/mol. The molecular weight excluding hydrogens is 597 g/mol. The number of nitrogens with zero attached hydrogens (tertiary/aromatic N) is 4. The quantitative estimate of drug-likeness (QED) is 0.194. The third-order valence-electron chi connectivity index (χ3n) is 8.11. The SMILES string of the molecule is COCc1cc(C(=O)NC2(c3nc4cc(CN5CC(F)C5)cc(C#N)c4o3)C=CC=C(c3ccccc3C)C2Cl)ncc1C=O. The first-order valence-electron chi connectivity index (χ1n) is 14.3. The van der Waals surface area contributed by atoms with Gasteiger partial charge in [0, 0.05) is 38.5 Å². The molecule has 2 aromatic heterocycles. The number of alkyl halides is 2. The van der Waals surface area contributed by atoms with Gasteiger partial charge in [-0.1, -0.05) is 36.4 Å². The van der Waals surface area contributed by atoms with Crippen LogP contribution in [0, 0.1) is 18.3 Å². The summed E-state index contributed by atoms with van der Waals surface area (Å²) >= 11 is 7.32. The zero-order valence-corrected chi connectivity index (χ0v) is 25.3. The average molecular weight is 626 g/mol. The number of aldehydes is 1. The maximum Gasteiger partial charge on any atom is 0.271 e. The van der Waals surface area contributed by atoms with Crippen molar-refractivity contribution in [2.45, 2.75) is 37.2 Å². The van der Waals surface area contributed by atoms with Crippen LogP contribution in [0.25, 0.3) is 16.7 Å². The fourth-order valence-corrected chi connectivity index (χ4v) is 6.20. The molecule has 0 bridgehead atoms. The van der Waals surface area contributed by atoms with Crippen molar-refractivity contribution in [3.05, 3.63) is 112 Å². The summed E-state index contributed by atoms with van der Waals surface area (Å²) in [5.41, 5.74) is 3.62. The number of amides is 1. The van der Waals surface area contributed by atoms with E-state index in [0.29, 0.717) is 42.6 Å². The molecule has 3 heterocycles. The number of carbonyl (C=O) groups is 2. The van der Waals surface area contributed by atoms with Gasteiger partial charge < -0.3 is 14.5 Å². The predicted molar refractivity (Wildman–Crippen MR) is 166 cm³/mol. The highest BCUT2D eigenvalue weighted by molar-refractivity contribution is 6.28. The molecule has 1 amide bonds. The normalized spacial score (nSPS) is 20.0. The van der Waals surface area contributed by atoms with Gasteiger partial charge in [0.05, 0.1) is 17.5 Å².